The average Bonchev–Trinajstić information content (AvgIpc) is 3.15. The SMILES string of the molecule is O=C(O)C1CC(=O)N(C2CC2)C1c1cc(Br)ccc1F. The molecule has 2 atom stereocenters. The Hall–Kier alpha value is -1.43. The standard InChI is InChI=1S/C14H13BrFNO3/c15-7-1-4-11(16)9(5-7)13-10(14(19)20)6-12(18)17(13)8-2-3-8/h1,4-5,8,10,13H,2-3,6H2,(H,19,20). The highest BCUT2D eigenvalue weighted by Crippen LogP contribution is 2.46. The quantitative estimate of drug-likeness (QED) is 0.919. The molecule has 1 aliphatic heterocycles. The van der Waals surface area contributed by atoms with Gasteiger partial charge in [0, 0.05) is 22.5 Å². The molecule has 1 aliphatic carbocycles. The minimum Gasteiger partial charge on any atom is -0.481 e. The number of hydrogen-bond acceptors (Lipinski definition) is 2. The van der Waals surface area contributed by atoms with E-state index in [2.05, 4.69) is 15.9 Å². The van der Waals surface area contributed by atoms with E-state index in [1.165, 1.54) is 6.07 Å². The molecule has 0 radical (unpaired) electrons. The molecule has 1 saturated carbocycles. The second-order valence-corrected chi connectivity index (χ2v) is 6.21. The summed E-state index contributed by atoms with van der Waals surface area (Å²) in [5.74, 6) is -2.59. The summed E-state index contributed by atoms with van der Waals surface area (Å²) in [5.41, 5.74) is 0.282. The third-order valence-electron chi connectivity index (χ3n) is 3.90. The van der Waals surface area contributed by atoms with E-state index in [1.54, 1.807) is 17.0 Å². The molecule has 1 amide bonds. The number of carboxylic acid groups (broad SMARTS) is 1. The first kappa shape index (κ1) is 13.5. The van der Waals surface area contributed by atoms with E-state index >= 15 is 0 Å². The molecular formula is C14H13BrFNO3. The minimum atomic E-state index is -1.05. The molecule has 2 aliphatic rings. The zero-order valence-corrected chi connectivity index (χ0v) is 12.1. The number of aliphatic carboxylic acids is 1. The van der Waals surface area contributed by atoms with Gasteiger partial charge in [-0.1, -0.05) is 15.9 Å². The van der Waals surface area contributed by atoms with Crippen LogP contribution in [0.2, 0.25) is 0 Å². The Morgan fingerprint density at radius 2 is 2.10 bits per heavy atom. The molecule has 4 nitrogen and oxygen atoms in total. The summed E-state index contributed by atoms with van der Waals surface area (Å²) in [5, 5.41) is 9.33. The van der Waals surface area contributed by atoms with Gasteiger partial charge in [0.2, 0.25) is 5.91 Å². The van der Waals surface area contributed by atoms with Crippen molar-refractivity contribution in [2.75, 3.05) is 0 Å². The maximum Gasteiger partial charge on any atom is 0.309 e. The number of carboxylic acids is 1. The Kier molecular flexibility index (Phi) is 3.28. The molecule has 1 N–H and O–H groups in total. The van der Waals surface area contributed by atoms with E-state index in [4.69, 9.17) is 0 Å². The zero-order chi connectivity index (χ0) is 14.4. The molecule has 2 fully saturated rings. The van der Waals surface area contributed by atoms with Gasteiger partial charge in [0.05, 0.1) is 12.0 Å². The van der Waals surface area contributed by atoms with Crippen LogP contribution in [0, 0.1) is 11.7 Å². The highest BCUT2D eigenvalue weighted by molar-refractivity contribution is 9.10. The number of amides is 1. The van der Waals surface area contributed by atoms with Gasteiger partial charge in [0.15, 0.2) is 0 Å². The van der Waals surface area contributed by atoms with Crippen LogP contribution in [0.4, 0.5) is 4.39 Å². The maximum absolute atomic E-state index is 14.1. The van der Waals surface area contributed by atoms with Crippen molar-refractivity contribution in [3.8, 4) is 0 Å². The highest BCUT2D eigenvalue weighted by atomic mass is 79.9. The van der Waals surface area contributed by atoms with Gasteiger partial charge in [0.1, 0.15) is 5.82 Å². The number of halogens is 2. The lowest BCUT2D eigenvalue weighted by atomic mass is 9.93. The topological polar surface area (TPSA) is 57.6 Å². The highest BCUT2D eigenvalue weighted by Gasteiger charge is 2.50. The molecule has 2 unspecified atom stereocenters. The number of hydrogen-bond donors (Lipinski definition) is 1. The lowest BCUT2D eigenvalue weighted by molar-refractivity contribution is -0.142. The summed E-state index contributed by atoms with van der Waals surface area (Å²) in [4.78, 5) is 25.1. The van der Waals surface area contributed by atoms with Gasteiger partial charge in [-0.25, -0.2) is 4.39 Å². The Morgan fingerprint density at radius 3 is 2.70 bits per heavy atom. The molecule has 1 heterocycles. The molecule has 1 aromatic carbocycles. The van der Waals surface area contributed by atoms with Gasteiger partial charge in [-0.05, 0) is 31.0 Å². The van der Waals surface area contributed by atoms with Crippen molar-refractivity contribution in [1.82, 2.24) is 4.90 Å². The van der Waals surface area contributed by atoms with Crippen molar-refractivity contribution in [3.63, 3.8) is 0 Å². The van der Waals surface area contributed by atoms with Crippen LogP contribution in [0.15, 0.2) is 22.7 Å². The van der Waals surface area contributed by atoms with Gasteiger partial charge >= 0.3 is 5.97 Å². The molecule has 6 heteroatoms. The van der Waals surface area contributed by atoms with E-state index < -0.39 is 23.7 Å². The monoisotopic (exact) mass is 341 g/mol. The van der Waals surface area contributed by atoms with E-state index in [9.17, 15) is 19.1 Å². The van der Waals surface area contributed by atoms with Crippen LogP contribution in [0.5, 0.6) is 0 Å². The molecule has 1 saturated heterocycles. The van der Waals surface area contributed by atoms with Crippen LogP contribution in [-0.4, -0.2) is 27.9 Å². The average molecular weight is 342 g/mol. The summed E-state index contributed by atoms with van der Waals surface area (Å²) >= 11 is 3.27. The van der Waals surface area contributed by atoms with E-state index in [0.717, 1.165) is 12.8 Å². The molecule has 106 valence electrons. The summed E-state index contributed by atoms with van der Waals surface area (Å²) < 4.78 is 14.8. The van der Waals surface area contributed by atoms with Crippen molar-refractivity contribution in [2.45, 2.75) is 31.3 Å². The van der Waals surface area contributed by atoms with Crippen LogP contribution in [-0.2, 0) is 9.59 Å². The maximum atomic E-state index is 14.1. The number of rotatable bonds is 3. The van der Waals surface area contributed by atoms with Crippen LogP contribution >= 0.6 is 15.9 Å². The number of benzene rings is 1. The van der Waals surface area contributed by atoms with Crippen molar-refractivity contribution in [1.29, 1.82) is 0 Å². The Morgan fingerprint density at radius 1 is 1.40 bits per heavy atom. The first-order valence-corrected chi connectivity index (χ1v) is 7.27. The first-order chi connectivity index (χ1) is 9.49. The van der Waals surface area contributed by atoms with Gasteiger partial charge in [-0.15, -0.1) is 0 Å². The van der Waals surface area contributed by atoms with Crippen LogP contribution in [0.25, 0.3) is 0 Å². The van der Waals surface area contributed by atoms with Crippen LogP contribution < -0.4 is 0 Å². The van der Waals surface area contributed by atoms with E-state index in [-0.39, 0.29) is 23.9 Å². The summed E-state index contributed by atoms with van der Waals surface area (Å²) in [6, 6.07) is 3.79. The molecule has 0 aromatic heterocycles. The molecule has 1 aromatic rings. The van der Waals surface area contributed by atoms with Crippen molar-refractivity contribution >= 4 is 27.8 Å². The first-order valence-electron chi connectivity index (χ1n) is 6.48. The second kappa shape index (κ2) is 4.84. The van der Waals surface area contributed by atoms with Crippen LogP contribution in [0.1, 0.15) is 30.9 Å². The van der Waals surface area contributed by atoms with E-state index in [1.807, 2.05) is 0 Å². The Balaban J connectivity index is 2.07. The molecule has 20 heavy (non-hydrogen) atoms. The van der Waals surface area contributed by atoms with Crippen molar-refractivity contribution in [2.24, 2.45) is 5.92 Å². The van der Waals surface area contributed by atoms with Crippen molar-refractivity contribution < 1.29 is 19.1 Å². The second-order valence-electron chi connectivity index (χ2n) is 5.29. The predicted molar refractivity (Wildman–Crippen MR) is 72.5 cm³/mol. The summed E-state index contributed by atoms with van der Waals surface area (Å²) in [6.07, 6.45) is 1.68. The van der Waals surface area contributed by atoms with Gasteiger partial charge in [-0.3, -0.25) is 9.59 Å². The Labute approximate surface area is 123 Å². The third kappa shape index (κ3) is 2.22. The Bertz CT molecular complexity index is 588. The minimum absolute atomic E-state index is 0.0531. The van der Waals surface area contributed by atoms with Crippen molar-refractivity contribution in [3.05, 3.63) is 34.1 Å². The fourth-order valence-corrected chi connectivity index (χ4v) is 3.25. The van der Waals surface area contributed by atoms with E-state index in [0.29, 0.717) is 4.47 Å². The molecule has 0 spiro atoms. The fourth-order valence-electron chi connectivity index (χ4n) is 2.87. The fraction of sp³-hybridized carbons (Fsp3) is 0.429. The van der Waals surface area contributed by atoms with Crippen LogP contribution in [0.3, 0.4) is 0 Å². The third-order valence-corrected chi connectivity index (χ3v) is 4.39. The lowest BCUT2D eigenvalue weighted by Gasteiger charge is -2.27. The summed E-state index contributed by atoms with van der Waals surface area (Å²) in [7, 11) is 0. The van der Waals surface area contributed by atoms with Gasteiger partial charge < -0.3 is 10.0 Å². The largest absolute Gasteiger partial charge is 0.481 e. The normalized spacial score (nSPS) is 26.1. The van der Waals surface area contributed by atoms with Gasteiger partial charge in [-0.2, -0.15) is 0 Å². The number of carbonyl (C=O) groups excluding carboxylic acids is 1. The number of likely N-dealkylation sites (tertiary alicyclic amines) is 1. The zero-order valence-electron chi connectivity index (χ0n) is 10.6. The predicted octanol–water partition coefficient (Wildman–Crippen LogP) is 2.72. The molecule has 0 bridgehead atoms. The number of nitrogens with zero attached hydrogens (tertiary/aromatic N) is 1. The van der Waals surface area contributed by atoms with Gasteiger partial charge in [0.25, 0.3) is 0 Å². The smallest absolute Gasteiger partial charge is 0.309 e. The number of carbonyl (C=O) groups is 2. The molecular weight excluding hydrogens is 329 g/mol. The lowest BCUT2D eigenvalue weighted by Crippen LogP contribution is -2.33. The molecule has 3 rings (SSSR count). The summed E-state index contributed by atoms with van der Waals surface area (Å²) in [6.45, 7) is 0.